The highest BCUT2D eigenvalue weighted by atomic mass is 16.5. The summed E-state index contributed by atoms with van der Waals surface area (Å²) in [5.74, 6) is 2.52. The van der Waals surface area contributed by atoms with Crippen LogP contribution in [0.3, 0.4) is 0 Å². The number of fused-ring (bicyclic) bond motifs is 1. The molecule has 4 nitrogen and oxygen atoms in total. The monoisotopic (exact) mass is 358 g/mol. The van der Waals surface area contributed by atoms with Gasteiger partial charge in [-0.25, -0.2) is 4.98 Å². The van der Waals surface area contributed by atoms with Gasteiger partial charge in [-0.15, -0.1) is 0 Å². The number of imidazole rings is 1. The summed E-state index contributed by atoms with van der Waals surface area (Å²) >= 11 is 0. The molecule has 0 aliphatic carbocycles. The summed E-state index contributed by atoms with van der Waals surface area (Å²) in [7, 11) is 1.66. The topological polar surface area (TPSA) is 36.3 Å². The van der Waals surface area contributed by atoms with Gasteiger partial charge in [-0.05, 0) is 48.9 Å². The Kier molecular flexibility index (Phi) is 4.79. The van der Waals surface area contributed by atoms with E-state index in [1.807, 2.05) is 42.5 Å². The van der Waals surface area contributed by atoms with Crippen molar-refractivity contribution < 1.29 is 9.47 Å². The van der Waals surface area contributed by atoms with Crippen LogP contribution in [0.4, 0.5) is 0 Å². The van der Waals surface area contributed by atoms with Gasteiger partial charge in [-0.3, -0.25) is 0 Å². The number of rotatable bonds is 6. The van der Waals surface area contributed by atoms with Crippen LogP contribution in [-0.2, 0) is 13.2 Å². The number of methoxy groups -OCH3 is 1. The Labute approximate surface area is 159 Å². The summed E-state index contributed by atoms with van der Waals surface area (Å²) in [5.41, 5.74) is 4.61. The van der Waals surface area contributed by atoms with Gasteiger partial charge in [-0.2, -0.15) is 0 Å². The number of para-hydroxylation sites is 2. The van der Waals surface area contributed by atoms with Gasteiger partial charge in [0.15, 0.2) is 0 Å². The van der Waals surface area contributed by atoms with Crippen molar-refractivity contribution >= 4 is 11.0 Å². The average Bonchev–Trinajstić information content (AvgIpc) is 3.06. The smallest absolute Gasteiger partial charge is 0.148 e. The van der Waals surface area contributed by atoms with E-state index in [0.717, 1.165) is 34.9 Å². The number of ether oxygens (including phenoxy) is 2. The van der Waals surface area contributed by atoms with E-state index >= 15 is 0 Å². The fraction of sp³-hybridized carbons (Fsp3) is 0.174. The van der Waals surface area contributed by atoms with Crippen LogP contribution in [0.2, 0.25) is 0 Å². The Balaban J connectivity index is 1.61. The largest absolute Gasteiger partial charge is 0.497 e. The Morgan fingerprint density at radius 1 is 0.852 bits per heavy atom. The van der Waals surface area contributed by atoms with Crippen molar-refractivity contribution in [2.45, 2.75) is 20.1 Å². The van der Waals surface area contributed by atoms with Crippen LogP contribution >= 0.6 is 0 Å². The van der Waals surface area contributed by atoms with Crippen LogP contribution in [0.5, 0.6) is 11.5 Å². The molecule has 0 bridgehead atoms. The maximum Gasteiger partial charge on any atom is 0.148 e. The first-order chi connectivity index (χ1) is 13.2. The number of aromatic nitrogens is 2. The Morgan fingerprint density at radius 3 is 2.30 bits per heavy atom. The molecule has 0 unspecified atom stereocenters. The lowest BCUT2D eigenvalue weighted by Crippen LogP contribution is -2.08. The van der Waals surface area contributed by atoms with Crippen LogP contribution in [-0.4, -0.2) is 16.7 Å². The van der Waals surface area contributed by atoms with E-state index in [0.29, 0.717) is 6.61 Å². The molecule has 27 heavy (non-hydrogen) atoms. The third-order valence-electron chi connectivity index (χ3n) is 4.62. The van der Waals surface area contributed by atoms with Crippen molar-refractivity contribution in [3.05, 3.63) is 89.7 Å². The molecule has 4 heteroatoms. The van der Waals surface area contributed by atoms with Crippen molar-refractivity contribution in [2.75, 3.05) is 7.11 Å². The van der Waals surface area contributed by atoms with Crippen molar-refractivity contribution in [1.82, 2.24) is 9.55 Å². The van der Waals surface area contributed by atoms with Crippen molar-refractivity contribution in [1.29, 1.82) is 0 Å². The molecule has 1 aromatic heterocycles. The Morgan fingerprint density at radius 2 is 1.56 bits per heavy atom. The molecule has 0 aliphatic rings. The second-order valence-corrected chi connectivity index (χ2v) is 6.55. The second kappa shape index (κ2) is 7.54. The summed E-state index contributed by atoms with van der Waals surface area (Å²) in [6.07, 6.45) is 0. The molecule has 0 radical (unpaired) electrons. The van der Waals surface area contributed by atoms with Gasteiger partial charge in [0.25, 0.3) is 0 Å². The first-order valence-corrected chi connectivity index (χ1v) is 8.99. The quantitative estimate of drug-likeness (QED) is 0.488. The van der Waals surface area contributed by atoms with E-state index in [4.69, 9.17) is 14.5 Å². The molecule has 4 aromatic rings. The molecular formula is C23H22N2O2. The minimum atomic E-state index is 0.410. The molecule has 0 fully saturated rings. The molecule has 3 aromatic carbocycles. The van der Waals surface area contributed by atoms with E-state index in [9.17, 15) is 0 Å². The maximum absolute atomic E-state index is 5.98. The minimum Gasteiger partial charge on any atom is -0.497 e. The van der Waals surface area contributed by atoms with Gasteiger partial charge in [0.2, 0.25) is 0 Å². The number of hydrogen-bond donors (Lipinski definition) is 0. The van der Waals surface area contributed by atoms with Crippen molar-refractivity contribution in [2.24, 2.45) is 0 Å². The van der Waals surface area contributed by atoms with Gasteiger partial charge in [0.1, 0.15) is 23.9 Å². The van der Waals surface area contributed by atoms with Gasteiger partial charge in [0.05, 0.1) is 18.1 Å². The molecule has 0 saturated carbocycles. The first kappa shape index (κ1) is 17.2. The Bertz CT molecular complexity index is 1030. The predicted octanol–water partition coefficient (Wildman–Crippen LogP) is 4.98. The predicted molar refractivity (Wildman–Crippen MR) is 107 cm³/mol. The highest BCUT2D eigenvalue weighted by molar-refractivity contribution is 5.76. The molecule has 1 heterocycles. The lowest BCUT2D eigenvalue weighted by Gasteiger charge is -2.11. The first-order valence-electron chi connectivity index (χ1n) is 8.99. The number of hydrogen-bond acceptors (Lipinski definition) is 3. The highest BCUT2D eigenvalue weighted by Gasteiger charge is 2.12. The second-order valence-electron chi connectivity index (χ2n) is 6.55. The summed E-state index contributed by atoms with van der Waals surface area (Å²) in [4.78, 5) is 4.79. The van der Waals surface area contributed by atoms with E-state index in [-0.39, 0.29) is 0 Å². The summed E-state index contributed by atoms with van der Waals surface area (Å²) in [5, 5.41) is 0. The standard InChI is InChI=1S/C23H22N2O2/c1-17-7-9-18(10-8-17)15-25-22-6-4-3-5-21(22)24-23(25)16-27-20-13-11-19(26-2)12-14-20/h3-14H,15-16H2,1-2H3. The van der Waals surface area contributed by atoms with E-state index in [1.165, 1.54) is 11.1 Å². The zero-order valence-corrected chi connectivity index (χ0v) is 15.6. The molecule has 4 rings (SSSR count). The highest BCUT2D eigenvalue weighted by Crippen LogP contribution is 2.21. The average molecular weight is 358 g/mol. The third-order valence-corrected chi connectivity index (χ3v) is 4.62. The van der Waals surface area contributed by atoms with Crippen LogP contribution in [0.15, 0.2) is 72.8 Å². The third kappa shape index (κ3) is 3.80. The molecule has 0 N–H and O–H groups in total. The number of nitrogens with zero attached hydrogens (tertiary/aromatic N) is 2. The van der Waals surface area contributed by atoms with Crippen LogP contribution in [0.25, 0.3) is 11.0 Å². The van der Waals surface area contributed by atoms with E-state index in [1.54, 1.807) is 7.11 Å². The molecule has 0 atom stereocenters. The maximum atomic E-state index is 5.98. The summed E-state index contributed by atoms with van der Waals surface area (Å²) < 4.78 is 13.4. The van der Waals surface area contributed by atoms with Crippen LogP contribution in [0.1, 0.15) is 17.0 Å². The zero-order chi connectivity index (χ0) is 18.6. The zero-order valence-electron chi connectivity index (χ0n) is 15.6. The van der Waals surface area contributed by atoms with E-state index in [2.05, 4.69) is 41.8 Å². The fourth-order valence-corrected chi connectivity index (χ4v) is 3.11. The molecule has 0 spiro atoms. The van der Waals surface area contributed by atoms with Gasteiger partial charge in [0, 0.05) is 6.54 Å². The Hall–Kier alpha value is -3.27. The summed E-state index contributed by atoms with van der Waals surface area (Å²) in [6, 6.07) is 24.4. The number of benzene rings is 3. The molecule has 0 aliphatic heterocycles. The summed E-state index contributed by atoms with van der Waals surface area (Å²) in [6.45, 7) is 3.28. The molecule has 0 amide bonds. The van der Waals surface area contributed by atoms with E-state index < -0.39 is 0 Å². The SMILES string of the molecule is COc1ccc(OCc2nc3ccccc3n2Cc2ccc(C)cc2)cc1. The van der Waals surface area contributed by atoms with Gasteiger partial charge >= 0.3 is 0 Å². The van der Waals surface area contributed by atoms with Crippen LogP contribution < -0.4 is 9.47 Å². The lowest BCUT2D eigenvalue weighted by atomic mass is 10.1. The van der Waals surface area contributed by atoms with Crippen molar-refractivity contribution in [3.8, 4) is 11.5 Å². The molecular weight excluding hydrogens is 336 g/mol. The molecule has 0 saturated heterocycles. The minimum absolute atomic E-state index is 0.410. The molecule has 136 valence electrons. The number of aryl methyl sites for hydroxylation is 1. The van der Waals surface area contributed by atoms with Gasteiger partial charge < -0.3 is 14.0 Å². The fourth-order valence-electron chi connectivity index (χ4n) is 3.11. The van der Waals surface area contributed by atoms with Crippen molar-refractivity contribution in [3.63, 3.8) is 0 Å². The lowest BCUT2D eigenvalue weighted by molar-refractivity contribution is 0.290. The normalized spacial score (nSPS) is 10.9. The van der Waals surface area contributed by atoms with Gasteiger partial charge in [-0.1, -0.05) is 42.0 Å². The van der Waals surface area contributed by atoms with Crippen LogP contribution in [0, 0.1) is 6.92 Å².